The maximum absolute atomic E-state index is 13.0. The normalized spacial score (nSPS) is 15.7. The third-order valence-electron chi connectivity index (χ3n) is 3.63. The molecule has 1 N–H and O–H groups in total. The van der Waals surface area contributed by atoms with Crippen LogP contribution in [-0.4, -0.2) is 15.9 Å². The van der Waals surface area contributed by atoms with Crippen molar-refractivity contribution in [1.82, 2.24) is 15.3 Å². The molecule has 0 unspecified atom stereocenters. The van der Waals surface area contributed by atoms with Crippen LogP contribution in [0.25, 0.3) is 0 Å². The minimum Gasteiger partial charge on any atom is -0.350 e. The summed E-state index contributed by atoms with van der Waals surface area (Å²) in [5.41, 5.74) is 1.10. The van der Waals surface area contributed by atoms with Gasteiger partial charge in [-0.3, -0.25) is 14.8 Å². The van der Waals surface area contributed by atoms with Gasteiger partial charge in [0.05, 0.1) is 23.9 Å². The first-order chi connectivity index (χ1) is 9.71. The lowest BCUT2D eigenvalue weighted by Crippen LogP contribution is -2.34. The van der Waals surface area contributed by atoms with E-state index in [1.165, 1.54) is 12.1 Å². The lowest BCUT2D eigenvalue weighted by molar-refractivity contribution is -0.123. The third kappa shape index (κ3) is 2.39. The summed E-state index contributed by atoms with van der Waals surface area (Å²) in [5.74, 6) is -0.320. The van der Waals surface area contributed by atoms with E-state index >= 15 is 0 Å². The Balaban J connectivity index is 1.69. The van der Waals surface area contributed by atoms with E-state index in [1.807, 2.05) is 0 Å². The molecule has 1 aliphatic rings. The molecule has 102 valence electrons. The van der Waals surface area contributed by atoms with Crippen molar-refractivity contribution in [3.63, 3.8) is 0 Å². The van der Waals surface area contributed by atoms with Gasteiger partial charge in [0, 0.05) is 12.4 Å². The molecule has 20 heavy (non-hydrogen) atoms. The van der Waals surface area contributed by atoms with Crippen LogP contribution in [0.1, 0.15) is 24.1 Å². The molecule has 3 rings (SSSR count). The number of nitrogens with one attached hydrogen (secondary N) is 1. The Bertz CT molecular complexity index is 609. The second-order valence-corrected chi connectivity index (χ2v) is 4.97. The lowest BCUT2D eigenvalue weighted by atomic mass is 9.95. The van der Waals surface area contributed by atoms with Gasteiger partial charge in [0.15, 0.2) is 0 Å². The summed E-state index contributed by atoms with van der Waals surface area (Å²) < 4.78 is 13.0. The van der Waals surface area contributed by atoms with Crippen molar-refractivity contribution < 1.29 is 9.18 Å². The van der Waals surface area contributed by atoms with E-state index in [1.54, 1.807) is 30.7 Å². The van der Waals surface area contributed by atoms with E-state index in [0.29, 0.717) is 6.54 Å². The van der Waals surface area contributed by atoms with Crippen LogP contribution < -0.4 is 5.32 Å². The van der Waals surface area contributed by atoms with Crippen molar-refractivity contribution in [3.05, 3.63) is 59.9 Å². The Morgan fingerprint density at radius 3 is 2.60 bits per heavy atom. The van der Waals surface area contributed by atoms with Gasteiger partial charge >= 0.3 is 0 Å². The Hall–Kier alpha value is -2.30. The average molecular weight is 271 g/mol. The Kier molecular flexibility index (Phi) is 3.18. The first-order valence-electron chi connectivity index (χ1n) is 6.50. The summed E-state index contributed by atoms with van der Waals surface area (Å²) in [6.45, 7) is 0.357. The SMILES string of the molecule is O=C(NCc1cnccn1)C1(c2ccc(F)cc2)CC1. The number of nitrogens with zero attached hydrogens (tertiary/aromatic N) is 2. The van der Waals surface area contributed by atoms with E-state index < -0.39 is 5.41 Å². The predicted molar refractivity (Wildman–Crippen MR) is 71.2 cm³/mol. The molecule has 0 atom stereocenters. The predicted octanol–water partition coefficient (Wildman–Crippen LogP) is 1.96. The van der Waals surface area contributed by atoms with Crippen LogP contribution in [0.5, 0.6) is 0 Å². The van der Waals surface area contributed by atoms with Crippen molar-refractivity contribution in [3.8, 4) is 0 Å². The summed E-state index contributed by atoms with van der Waals surface area (Å²) in [7, 11) is 0. The molecule has 1 aromatic heterocycles. The highest BCUT2D eigenvalue weighted by atomic mass is 19.1. The smallest absolute Gasteiger partial charge is 0.230 e. The molecule has 1 aliphatic carbocycles. The minimum atomic E-state index is -0.490. The van der Waals surface area contributed by atoms with E-state index in [4.69, 9.17) is 0 Å². The molecule has 1 amide bonds. The van der Waals surface area contributed by atoms with Gasteiger partial charge in [0.1, 0.15) is 5.82 Å². The summed E-state index contributed by atoms with van der Waals surface area (Å²) in [5, 5.41) is 2.88. The highest BCUT2D eigenvalue weighted by Gasteiger charge is 2.51. The lowest BCUT2D eigenvalue weighted by Gasteiger charge is -2.15. The zero-order valence-corrected chi connectivity index (χ0v) is 10.8. The number of rotatable bonds is 4. The van der Waals surface area contributed by atoms with Gasteiger partial charge < -0.3 is 5.32 Å². The molecule has 1 aromatic carbocycles. The number of hydrogen-bond acceptors (Lipinski definition) is 3. The molecule has 0 bridgehead atoms. The molecular weight excluding hydrogens is 257 g/mol. The van der Waals surface area contributed by atoms with E-state index in [0.717, 1.165) is 24.1 Å². The second-order valence-electron chi connectivity index (χ2n) is 4.97. The average Bonchev–Trinajstić information content (AvgIpc) is 3.28. The molecule has 0 aliphatic heterocycles. The maximum atomic E-state index is 13.0. The number of hydrogen-bond donors (Lipinski definition) is 1. The third-order valence-corrected chi connectivity index (χ3v) is 3.63. The van der Waals surface area contributed by atoms with Crippen molar-refractivity contribution in [2.24, 2.45) is 0 Å². The molecular formula is C15H14FN3O. The molecule has 4 nitrogen and oxygen atoms in total. The Morgan fingerprint density at radius 1 is 1.25 bits per heavy atom. The number of aromatic nitrogens is 2. The summed E-state index contributed by atoms with van der Waals surface area (Å²) >= 11 is 0. The maximum Gasteiger partial charge on any atom is 0.230 e. The summed E-state index contributed by atoms with van der Waals surface area (Å²) in [6.07, 6.45) is 6.40. The zero-order valence-electron chi connectivity index (χ0n) is 10.8. The van der Waals surface area contributed by atoms with Gasteiger partial charge in [-0.15, -0.1) is 0 Å². The van der Waals surface area contributed by atoms with Crippen LogP contribution in [0, 0.1) is 5.82 Å². The monoisotopic (exact) mass is 271 g/mol. The quantitative estimate of drug-likeness (QED) is 0.925. The van der Waals surface area contributed by atoms with E-state index in [9.17, 15) is 9.18 Å². The van der Waals surface area contributed by atoms with Gasteiger partial charge in [-0.25, -0.2) is 4.39 Å². The largest absolute Gasteiger partial charge is 0.350 e. The van der Waals surface area contributed by atoms with Gasteiger partial charge in [-0.05, 0) is 30.5 Å². The first kappa shape index (κ1) is 12.7. The topological polar surface area (TPSA) is 54.9 Å². The Labute approximate surface area is 116 Å². The highest BCUT2D eigenvalue weighted by Crippen LogP contribution is 2.48. The summed E-state index contributed by atoms with van der Waals surface area (Å²) in [4.78, 5) is 20.4. The molecule has 0 spiro atoms. The van der Waals surface area contributed by atoms with Gasteiger partial charge in [0.25, 0.3) is 0 Å². The Morgan fingerprint density at radius 2 is 2.00 bits per heavy atom. The number of amides is 1. The van der Waals surface area contributed by atoms with Crippen LogP contribution in [-0.2, 0) is 16.8 Å². The minimum absolute atomic E-state index is 0.0326. The van der Waals surface area contributed by atoms with Crippen molar-refractivity contribution in [2.75, 3.05) is 0 Å². The van der Waals surface area contributed by atoms with Crippen LogP contribution in [0.2, 0.25) is 0 Å². The molecule has 0 saturated heterocycles. The van der Waals surface area contributed by atoms with Gasteiger partial charge in [-0.2, -0.15) is 0 Å². The molecule has 0 radical (unpaired) electrons. The molecule has 1 fully saturated rings. The van der Waals surface area contributed by atoms with E-state index in [-0.39, 0.29) is 11.7 Å². The fourth-order valence-corrected chi connectivity index (χ4v) is 2.30. The second kappa shape index (κ2) is 5.00. The number of halogens is 1. The van der Waals surface area contributed by atoms with Gasteiger partial charge in [0.2, 0.25) is 5.91 Å². The summed E-state index contributed by atoms with van der Waals surface area (Å²) in [6, 6.07) is 6.16. The number of carbonyl (C=O) groups is 1. The first-order valence-corrected chi connectivity index (χ1v) is 6.50. The molecule has 1 heterocycles. The van der Waals surface area contributed by atoms with Crippen LogP contribution >= 0.6 is 0 Å². The number of benzene rings is 1. The molecule has 5 heteroatoms. The van der Waals surface area contributed by atoms with Crippen molar-refractivity contribution in [1.29, 1.82) is 0 Å². The number of carbonyl (C=O) groups excluding carboxylic acids is 1. The molecule has 2 aromatic rings. The molecule has 1 saturated carbocycles. The van der Waals surface area contributed by atoms with Crippen LogP contribution in [0.15, 0.2) is 42.9 Å². The standard InChI is InChI=1S/C15H14FN3O/c16-12-3-1-11(2-4-12)15(5-6-15)14(20)19-10-13-9-17-7-8-18-13/h1-4,7-9H,5-6,10H2,(H,19,20). The van der Waals surface area contributed by atoms with Crippen molar-refractivity contribution >= 4 is 5.91 Å². The van der Waals surface area contributed by atoms with Crippen molar-refractivity contribution in [2.45, 2.75) is 24.8 Å². The van der Waals surface area contributed by atoms with Gasteiger partial charge in [-0.1, -0.05) is 12.1 Å². The van der Waals surface area contributed by atoms with E-state index in [2.05, 4.69) is 15.3 Å². The fraction of sp³-hybridized carbons (Fsp3) is 0.267. The highest BCUT2D eigenvalue weighted by molar-refractivity contribution is 5.91. The zero-order chi connectivity index (χ0) is 14.0. The van der Waals surface area contributed by atoms with Crippen LogP contribution in [0.4, 0.5) is 4.39 Å². The van der Waals surface area contributed by atoms with Crippen LogP contribution in [0.3, 0.4) is 0 Å². The fourth-order valence-electron chi connectivity index (χ4n) is 2.30.